The predicted molar refractivity (Wildman–Crippen MR) is 75.1 cm³/mol. The number of para-hydroxylation sites is 1. The van der Waals surface area contributed by atoms with Gasteiger partial charge in [-0.1, -0.05) is 18.2 Å². The zero-order valence-corrected chi connectivity index (χ0v) is 12.2. The highest BCUT2D eigenvalue weighted by molar-refractivity contribution is 7.91. The molecule has 0 aliphatic heterocycles. The average Bonchev–Trinajstić information content (AvgIpc) is 2.38. The smallest absolute Gasteiger partial charge is 0.152 e. The molecule has 0 fully saturated rings. The zero-order valence-electron chi connectivity index (χ0n) is 11.4. The molecule has 0 saturated carbocycles. The molecule has 1 aromatic carbocycles. The van der Waals surface area contributed by atoms with E-state index in [1.54, 1.807) is 18.2 Å². The Morgan fingerprint density at radius 1 is 1.37 bits per heavy atom. The van der Waals surface area contributed by atoms with Crippen molar-refractivity contribution in [3.63, 3.8) is 0 Å². The number of nitrogens with two attached hydrogens (primary N) is 1. The number of benzene rings is 1. The largest absolute Gasteiger partial charge is 0.496 e. The van der Waals surface area contributed by atoms with Gasteiger partial charge >= 0.3 is 0 Å². The molecule has 3 atom stereocenters. The maximum Gasteiger partial charge on any atom is 0.152 e. The Morgan fingerprint density at radius 3 is 2.42 bits per heavy atom. The summed E-state index contributed by atoms with van der Waals surface area (Å²) in [7, 11) is -1.80. The van der Waals surface area contributed by atoms with Crippen LogP contribution in [0.2, 0.25) is 0 Å². The van der Waals surface area contributed by atoms with Crippen molar-refractivity contribution in [1.82, 2.24) is 0 Å². The Kier molecular flexibility index (Phi) is 5.34. The van der Waals surface area contributed by atoms with E-state index in [1.165, 1.54) is 14.0 Å². The van der Waals surface area contributed by atoms with Crippen molar-refractivity contribution >= 4 is 9.84 Å². The highest BCUT2D eigenvalue weighted by atomic mass is 32.2. The Labute approximate surface area is 114 Å². The molecule has 6 heteroatoms. The van der Waals surface area contributed by atoms with Gasteiger partial charge in [0.25, 0.3) is 0 Å². The molecule has 0 aromatic heterocycles. The summed E-state index contributed by atoms with van der Waals surface area (Å²) >= 11 is 0. The summed E-state index contributed by atoms with van der Waals surface area (Å²) in [5.41, 5.74) is 6.42. The first-order valence-corrected chi connectivity index (χ1v) is 7.98. The van der Waals surface area contributed by atoms with Crippen molar-refractivity contribution in [2.75, 3.05) is 19.9 Å². The van der Waals surface area contributed by atoms with Crippen LogP contribution in [0.4, 0.5) is 0 Å². The first-order valence-electron chi connectivity index (χ1n) is 6.02. The Morgan fingerprint density at radius 2 is 1.95 bits per heavy atom. The summed E-state index contributed by atoms with van der Waals surface area (Å²) in [5, 5.41) is 9.39. The van der Waals surface area contributed by atoms with E-state index < -0.39 is 27.1 Å². The molecule has 0 aliphatic rings. The summed E-state index contributed by atoms with van der Waals surface area (Å²) in [6.45, 7) is 1.62. The highest BCUT2D eigenvalue weighted by Gasteiger charge is 2.32. The van der Waals surface area contributed by atoms with Crippen molar-refractivity contribution in [2.24, 2.45) is 5.73 Å². The van der Waals surface area contributed by atoms with Crippen LogP contribution in [0.15, 0.2) is 24.3 Å². The van der Waals surface area contributed by atoms with Gasteiger partial charge in [-0.2, -0.15) is 0 Å². The molecule has 0 spiro atoms. The van der Waals surface area contributed by atoms with Gasteiger partial charge in [0.1, 0.15) is 5.75 Å². The Bertz CT molecular complexity index is 515. The van der Waals surface area contributed by atoms with Crippen molar-refractivity contribution in [3.05, 3.63) is 29.8 Å². The van der Waals surface area contributed by atoms with E-state index >= 15 is 0 Å². The van der Waals surface area contributed by atoms with Gasteiger partial charge in [0.05, 0.1) is 18.5 Å². The van der Waals surface area contributed by atoms with E-state index in [9.17, 15) is 13.5 Å². The molecule has 0 aliphatic carbocycles. The molecule has 0 saturated heterocycles. The normalized spacial score (nSPS) is 16.7. The number of aliphatic hydroxyl groups is 1. The number of sulfone groups is 1. The van der Waals surface area contributed by atoms with E-state index in [2.05, 4.69) is 0 Å². The second-order valence-electron chi connectivity index (χ2n) is 4.61. The van der Waals surface area contributed by atoms with Crippen LogP contribution in [0.25, 0.3) is 0 Å². The maximum absolute atomic E-state index is 11.5. The molecule has 1 rings (SSSR count). The third-order valence-electron chi connectivity index (χ3n) is 3.36. The molecule has 5 nitrogen and oxygen atoms in total. The molecule has 0 radical (unpaired) electrons. The van der Waals surface area contributed by atoms with Gasteiger partial charge in [-0.15, -0.1) is 0 Å². The lowest BCUT2D eigenvalue weighted by molar-refractivity contribution is 0.142. The summed E-state index contributed by atoms with van der Waals surface area (Å²) in [6, 6.07) is 7.16. The van der Waals surface area contributed by atoms with Crippen molar-refractivity contribution in [1.29, 1.82) is 0 Å². The lowest BCUT2D eigenvalue weighted by atomic mass is 9.91. The van der Waals surface area contributed by atoms with Crippen LogP contribution < -0.4 is 10.5 Å². The molecule has 0 amide bonds. The van der Waals surface area contributed by atoms with Gasteiger partial charge in [0.15, 0.2) is 9.84 Å². The van der Waals surface area contributed by atoms with Crippen LogP contribution in [0.3, 0.4) is 0 Å². The van der Waals surface area contributed by atoms with Gasteiger partial charge in [-0.05, 0) is 13.0 Å². The zero-order chi connectivity index (χ0) is 14.6. The molecule has 1 aromatic rings. The van der Waals surface area contributed by atoms with E-state index in [0.717, 1.165) is 11.8 Å². The monoisotopic (exact) mass is 287 g/mol. The Balaban J connectivity index is 3.13. The minimum atomic E-state index is -3.33. The topological polar surface area (TPSA) is 89.6 Å². The number of rotatable bonds is 6. The fourth-order valence-corrected chi connectivity index (χ4v) is 2.70. The molecule has 3 unspecified atom stereocenters. The first-order chi connectivity index (χ1) is 8.82. The van der Waals surface area contributed by atoms with Crippen LogP contribution in [-0.4, -0.2) is 44.8 Å². The minimum Gasteiger partial charge on any atom is -0.496 e. The van der Waals surface area contributed by atoms with E-state index in [1.807, 2.05) is 6.07 Å². The lowest BCUT2D eigenvalue weighted by Crippen LogP contribution is -2.38. The van der Waals surface area contributed by atoms with Crippen molar-refractivity contribution in [2.45, 2.75) is 24.2 Å². The summed E-state index contributed by atoms with van der Waals surface area (Å²) in [4.78, 5) is 0. The third-order valence-corrected chi connectivity index (χ3v) is 4.99. The molecule has 108 valence electrons. The molecule has 0 heterocycles. The van der Waals surface area contributed by atoms with Crippen LogP contribution >= 0.6 is 0 Å². The standard InChI is InChI=1S/C13H21NO4S/c1-9(19(3,16)17)13(15)11(8-14)10-6-4-5-7-12(10)18-2/h4-7,9,11,13,15H,8,14H2,1-3H3. The molecule has 3 N–H and O–H groups in total. The summed E-state index contributed by atoms with van der Waals surface area (Å²) < 4.78 is 28.3. The molecular formula is C13H21NO4S. The average molecular weight is 287 g/mol. The van der Waals surface area contributed by atoms with Gasteiger partial charge in [0.2, 0.25) is 0 Å². The minimum absolute atomic E-state index is 0.140. The SMILES string of the molecule is COc1ccccc1C(CN)C(O)C(C)S(C)(=O)=O. The van der Waals surface area contributed by atoms with Gasteiger partial charge in [-0.25, -0.2) is 8.42 Å². The number of aliphatic hydroxyl groups excluding tert-OH is 1. The van der Waals surface area contributed by atoms with Crippen LogP contribution in [-0.2, 0) is 9.84 Å². The predicted octanol–water partition coefficient (Wildman–Crippen LogP) is 0.532. The molecule has 19 heavy (non-hydrogen) atoms. The molecule has 0 bridgehead atoms. The number of hydrogen-bond donors (Lipinski definition) is 2. The van der Waals surface area contributed by atoms with Gasteiger partial charge in [-0.3, -0.25) is 0 Å². The third kappa shape index (κ3) is 3.68. The van der Waals surface area contributed by atoms with E-state index in [0.29, 0.717) is 5.75 Å². The van der Waals surface area contributed by atoms with E-state index in [4.69, 9.17) is 10.5 Å². The Hall–Kier alpha value is -1.11. The fraction of sp³-hybridized carbons (Fsp3) is 0.538. The molecular weight excluding hydrogens is 266 g/mol. The second-order valence-corrected chi connectivity index (χ2v) is 7.01. The van der Waals surface area contributed by atoms with E-state index in [-0.39, 0.29) is 6.54 Å². The number of hydrogen-bond acceptors (Lipinski definition) is 5. The van der Waals surface area contributed by atoms with Gasteiger partial charge in [0, 0.05) is 24.3 Å². The summed E-state index contributed by atoms with van der Waals surface area (Å²) in [5.74, 6) is 0.110. The number of ether oxygens (including phenoxy) is 1. The highest BCUT2D eigenvalue weighted by Crippen LogP contribution is 2.30. The van der Waals surface area contributed by atoms with Gasteiger partial charge < -0.3 is 15.6 Å². The fourth-order valence-electron chi connectivity index (χ4n) is 2.00. The maximum atomic E-state index is 11.5. The van der Waals surface area contributed by atoms with Crippen molar-refractivity contribution < 1.29 is 18.3 Å². The van der Waals surface area contributed by atoms with Crippen molar-refractivity contribution in [3.8, 4) is 5.75 Å². The summed E-state index contributed by atoms with van der Waals surface area (Å²) in [6.07, 6.45) is 0.0350. The second kappa shape index (κ2) is 6.36. The van der Waals surface area contributed by atoms with Crippen LogP contribution in [0.5, 0.6) is 5.75 Å². The lowest BCUT2D eigenvalue weighted by Gasteiger charge is -2.27. The van der Waals surface area contributed by atoms with Crippen LogP contribution in [0, 0.1) is 0 Å². The van der Waals surface area contributed by atoms with Crippen LogP contribution in [0.1, 0.15) is 18.4 Å². The quantitative estimate of drug-likeness (QED) is 0.796. The number of methoxy groups -OCH3 is 1. The first kappa shape index (κ1) is 15.9.